The summed E-state index contributed by atoms with van der Waals surface area (Å²) >= 11 is 0. The Hall–Kier alpha value is -1.61. The van der Waals surface area contributed by atoms with E-state index in [1.807, 2.05) is 0 Å². The lowest BCUT2D eigenvalue weighted by Crippen LogP contribution is -2.18. The molecule has 1 atom stereocenters. The second-order valence-corrected chi connectivity index (χ2v) is 5.00. The van der Waals surface area contributed by atoms with Gasteiger partial charge in [0.15, 0.2) is 5.76 Å². The summed E-state index contributed by atoms with van der Waals surface area (Å²) in [4.78, 5) is 3.77. The largest absolute Gasteiger partial charge is 0.457 e. The van der Waals surface area contributed by atoms with Crippen molar-refractivity contribution in [1.29, 1.82) is 0 Å². The molecule has 0 saturated heterocycles. The second-order valence-electron chi connectivity index (χ2n) is 3.35. The summed E-state index contributed by atoms with van der Waals surface area (Å²) in [6.07, 6.45) is 4.67. The van der Waals surface area contributed by atoms with Crippen molar-refractivity contribution in [2.24, 2.45) is 0 Å². The van der Waals surface area contributed by atoms with Crippen LogP contribution in [0, 0.1) is 0 Å². The number of rotatable bonds is 5. The lowest BCUT2D eigenvalue weighted by atomic mass is 10.6. The molecule has 9 heteroatoms. The van der Waals surface area contributed by atoms with E-state index in [-0.39, 0.29) is 6.61 Å². The highest BCUT2D eigenvalue weighted by molar-refractivity contribution is 7.85. The average Bonchev–Trinajstić information content (AvgIpc) is 2.86. The monoisotopic (exact) mass is 261 g/mol. The molecule has 94 valence electrons. The van der Waals surface area contributed by atoms with E-state index in [4.69, 9.17) is 9.47 Å². The molecule has 0 aromatic carbocycles. The lowest BCUT2D eigenvalue weighted by Gasteiger charge is -2.11. The molecular weight excluding hydrogens is 250 g/mol. The molecule has 0 bridgehead atoms. The molecule has 1 aliphatic rings. The average molecular weight is 261 g/mol. The first-order chi connectivity index (χ1) is 8.03. The molecule has 1 aliphatic heterocycles. The van der Waals surface area contributed by atoms with Crippen LogP contribution in [0.25, 0.3) is 0 Å². The van der Waals surface area contributed by atoms with E-state index >= 15 is 0 Å². The van der Waals surface area contributed by atoms with Gasteiger partial charge in [-0.15, -0.1) is 0 Å². The zero-order valence-corrected chi connectivity index (χ0v) is 9.83. The molecule has 2 rings (SSSR count). The highest BCUT2D eigenvalue weighted by Crippen LogP contribution is 2.16. The summed E-state index contributed by atoms with van der Waals surface area (Å²) in [7, 11) is -3.48. The molecule has 2 heterocycles. The van der Waals surface area contributed by atoms with Crippen LogP contribution in [0.4, 0.5) is 0 Å². The van der Waals surface area contributed by atoms with Gasteiger partial charge in [0, 0.05) is 0 Å². The fraction of sp³-hybridized carbons (Fsp3) is 0.500. The van der Waals surface area contributed by atoms with E-state index in [1.165, 1.54) is 18.9 Å². The maximum atomic E-state index is 10.8. The van der Waals surface area contributed by atoms with Gasteiger partial charge >= 0.3 is 0 Å². The van der Waals surface area contributed by atoms with Crippen LogP contribution in [0.2, 0.25) is 0 Å². The van der Waals surface area contributed by atoms with Crippen LogP contribution in [0.1, 0.15) is 0 Å². The third-order valence-corrected chi connectivity index (χ3v) is 2.40. The molecule has 1 aromatic rings. The van der Waals surface area contributed by atoms with Gasteiger partial charge in [0.1, 0.15) is 32.1 Å². The zero-order valence-electron chi connectivity index (χ0n) is 9.01. The molecule has 0 saturated carbocycles. The summed E-state index contributed by atoms with van der Waals surface area (Å²) in [5.74, 6) is 0.320. The van der Waals surface area contributed by atoms with E-state index in [1.54, 1.807) is 4.68 Å². The third-order valence-electron chi connectivity index (χ3n) is 1.85. The van der Waals surface area contributed by atoms with Gasteiger partial charge in [0.05, 0.1) is 6.26 Å². The Bertz CT molecular complexity index is 495. The molecule has 0 N–H and O–H groups in total. The van der Waals surface area contributed by atoms with E-state index in [0.717, 1.165) is 6.26 Å². The smallest absolute Gasteiger partial charge is 0.264 e. The quantitative estimate of drug-likeness (QED) is 0.658. The van der Waals surface area contributed by atoms with E-state index in [9.17, 15) is 8.42 Å². The summed E-state index contributed by atoms with van der Waals surface area (Å²) in [6, 6.07) is 0. The molecule has 0 radical (unpaired) electrons. The van der Waals surface area contributed by atoms with E-state index in [0.29, 0.717) is 12.3 Å². The Morgan fingerprint density at radius 1 is 1.59 bits per heavy atom. The van der Waals surface area contributed by atoms with Gasteiger partial charge < -0.3 is 9.47 Å². The van der Waals surface area contributed by atoms with Crippen LogP contribution in [-0.4, -0.2) is 42.3 Å². The molecule has 17 heavy (non-hydrogen) atoms. The maximum absolute atomic E-state index is 10.8. The molecule has 0 fully saturated rings. The van der Waals surface area contributed by atoms with Crippen LogP contribution in [0.15, 0.2) is 24.7 Å². The first kappa shape index (κ1) is 11.9. The number of nitrogens with zero attached hydrogens (tertiary/aromatic N) is 3. The van der Waals surface area contributed by atoms with E-state index < -0.39 is 16.4 Å². The van der Waals surface area contributed by atoms with Gasteiger partial charge in [-0.1, -0.05) is 0 Å². The minimum Gasteiger partial charge on any atom is -0.457 e. The fourth-order valence-corrected chi connectivity index (χ4v) is 1.50. The van der Waals surface area contributed by atoms with Crippen LogP contribution in [0.5, 0.6) is 0 Å². The Labute approximate surface area is 97.9 Å². The van der Waals surface area contributed by atoms with Gasteiger partial charge in [0.25, 0.3) is 16.4 Å². The van der Waals surface area contributed by atoms with Crippen molar-refractivity contribution in [3.8, 4) is 0 Å². The van der Waals surface area contributed by atoms with Gasteiger partial charge in [-0.3, -0.25) is 4.18 Å². The fourth-order valence-electron chi connectivity index (χ4n) is 1.17. The topological polar surface area (TPSA) is 92.5 Å². The van der Waals surface area contributed by atoms with Crippen molar-refractivity contribution in [2.45, 2.75) is 12.8 Å². The minimum atomic E-state index is -3.48. The molecular formula is C8H11N3O5S. The van der Waals surface area contributed by atoms with Crippen molar-refractivity contribution < 1.29 is 22.1 Å². The first-order valence-corrected chi connectivity index (χ1v) is 6.52. The number of hydrogen-bond donors (Lipinski definition) is 0. The van der Waals surface area contributed by atoms with E-state index in [2.05, 4.69) is 14.3 Å². The number of aromatic nitrogens is 3. The van der Waals surface area contributed by atoms with Crippen molar-refractivity contribution in [3.05, 3.63) is 24.7 Å². The summed E-state index contributed by atoms with van der Waals surface area (Å²) < 4.78 is 38.1. The van der Waals surface area contributed by atoms with Gasteiger partial charge in [0.2, 0.25) is 0 Å². The molecule has 0 spiro atoms. The normalized spacial score (nSPS) is 19.6. The predicted molar refractivity (Wildman–Crippen MR) is 54.9 cm³/mol. The standard InChI is InChI=1S/C8H11N3O5S/c1-17(12,13)15-4-7-3-14-8(16-7)2-11-6-9-5-10-11/h3,5-6,8H,2,4H2,1H3. The molecule has 8 nitrogen and oxygen atoms in total. The Balaban J connectivity index is 1.79. The van der Waals surface area contributed by atoms with Crippen LogP contribution >= 0.6 is 0 Å². The van der Waals surface area contributed by atoms with Crippen LogP contribution in [-0.2, 0) is 30.3 Å². The number of ether oxygens (including phenoxy) is 2. The van der Waals surface area contributed by atoms with Crippen molar-refractivity contribution in [2.75, 3.05) is 12.9 Å². The van der Waals surface area contributed by atoms with Crippen LogP contribution < -0.4 is 0 Å². The summed E-state index contributed by atoms with van der Waals surface area (Å²) in [6.45, 7) is 0.186. The highest BCUT2D eigenvalue weighted by Gasteiger charge is 2.21. The van der Waals surface area contributed by atoms with Gasteiger partial charge in [-0.2, -0.15) is 13.5 Å². The van der Waals surface area contributed by atoms with Crippen LogP contribution in [0.3, 0.4) is 0 Å². The molecule has 1 aromatic heterocycles. The summed E-state index contributed by atoms with van der Waals surface area (Å²) in [5.41, 5.74) is 0. The Morgan fingerprint density at radius 3 is 3.06 bits per heavy atom. The second kappa shape index (κ2) is 4.72. The Morgan fingerprint density at radius 2 is 2.41 bits per heavy atom. The van der Waals surface area contributed by atoms with Crippen molar-refractivity contribution in [1.82, 2.24) is 14.8 Å². The predicted octanol–water partition coefficient (Wildman–Crippen LogP) is -0.531. The Kier molecular flexibility index (Phi) is 3.29. The zero-order chi connectivity index (χ0) is 12.3. The SMILES string of the molecule is CS(=O)(=O)OCC1=COC(Cn2cncn2)O1. The van der Waals surface area contributed by atoms with Crippen molar-refractivity contribution in [3.63, 3.8) is 0 Å². The molecule has 1 unspecified atom stereocenters. The molecule has 0 aliphatic carbocycles. The number of hydrogen-bond acceptors (Lipinski definition) is 7. The van der Waals surface area contributed by atoms with Gasteiger partial charge in [-0.05, 0) is 0 Å². The highest BCUT2D eigenvalue weighted by atomic mass is 32.2. The lowest BCUT2D eigenvalue weighted by molar-refractivity contribution is -0.0489. The molecule has 0 amide bonds. The first-order valence-electron chi connectivity index (χ1n) is 4.71. The summed E-state index contributed by atoms with van der Waals surface area (Å²) in [5, 5.41) is 3.89. The third kappa shape index (κ3) is 3.71. The minimum absolute atomic E-state index is 0.174. The maximum Gasteiger partial charge on any atom is 0.264 e. The van der Waals surface area contributed by atoms with Crippen molar-refractivity contribution >= 4 is 10.1 Å². The van der Waals surface area contributed by atoms with Gasteiger partial charge in [-0.25, -0.2) is 9.67 Å².